The molecule has 0 fully saturated rings. The lowest BCUT2D eigenvalue weighted by Gasteiger charge is -2.24. The number of carbonyl (C=O) groups excluding carboxylic acids is 3. The molecule has 7 nitrogen and oxygen atoms in total. The maximum absolute atomic E-state index is 12.0. The van der Waals surface area contributed by atoms with Crippen molar-refractivity contribution < 1.29 is 23.9 Å². The lowest BCUT2D eigenvalue weighted by atomic mass is 9.97. The van der Waals surface area contributed by atoms with E-state index in [0.717, 1.165) is 5.56 Å². The number of fused-ring (bicyclic) bond motifs is 1. The van der Waals surface area contributed by atoms with Gasteiger partial charge in [-0.2, -0.15) is 0 Å². The van der Waals surface area contributed by atoms with E-state index >= 15 is 0 Å². The molecule has 1 aliphatic rings. The molecule has 0 aromatic heterocycles. The van der Waals surface area contributed by atoms with Crippen LogP contribution in [-0.4, -0.2) is 37.7 Å². The number of amides is 3. The zero-order valence-corrected chi connectivity index (χ0v) is 13.3. The number of hydrogen-bond donors (Lipinski definition) is 2. The highest BCUT2D eigenvalue weighted by Crippen LogP contribution is 2.30. The number of carbonyl (C=O) groups is 3. The third kappa shape index (κ3) is 4.85. The van der Waals surface area contributed by atoms with Gasteiger partial charge in [0, 0.05) is 11.6 Å². The molecule has 0 saturated carbocycles. The number of benzene rings is 1. The van der Waals surface area contributed by atoms with Crippen molar-refractivity contribution >= 4 is 29.5 Å². The van der Waals surface area contributed by atoms with Crippen LogP contribution in [0.1, 0.15) is 12.5 Å². The van der Waals surface area contributed by atoms with Gasteiger partial charge in [0.1, 0.15) is 12.4 Å². The molecule has 0 radical (unpaired) electrons. The first-order valence-corrected chi connectivity index (χ1v) is 7.53. The fraction of sp³-hybridized carbons (Fsp3) is 0.400. The van der Waals surface area contributed by atoms with E-state index in [0.29, 0.717) is 23.7 Å². The van der Waals surface area contributed by atoms with E-state index in [1.54, 1.807) is 25.1 Å². The maximum atomic E-state index is 12.0. The second-order valence-electron chi connectivity index (χ2n) is 4.98. The van der Waals surface area contributed by atoms with Gasteiger partial charge in [-0.3, -0.25) is 14.9 Å². The molecule has 0 unspecified atom stereocenters. The van der Waals surface area contributed by atoms with Gasteiger partial charge in [0.2, 0.25) is 0 Å². The standard InChI is InChI=1S/C15H17ClN2O5/c1-2-17-15(21)18-13(19)8-23-14(20)10-5-9-6-11(16)3-4-12(9)22-7-10/h3-4,6,10H,2,5,7-8H2,1H3,(H2,17,18,19,21)/t10-/m0/s1. The summed E-state index contributed by atoms with van der Waals surface area (Å²) in [6, 6.07) is 4.57. The zero-order valence-electron chi connectivity index (χ0n) is 12.6. The van der Waals surface area contributed by atoms with Gasteiger partial charge in [0.25, 0.3) is 5.91 Å². The molecule has 124 valence electrons. The normalized spacial score (nSPS) is 15.8. The van der Waals surface area contributed by atoms with Crippen molar-refractivity contribution in [3.63, 3.8) is 0 Å². The summed E-state index contributed by atoms with van der Waals surface area (Å²) in [6.07, 6.45) is 0.423. The Bertz CT molecular complexity index is 620. The first kappa shape index (κ1) is 17.1. The summed E-state index contributed by atoms with van der Waals surface area (Å²) in [5, 5.41) is 5.01. The Morgan fingerprint density at radius 1 is 1.39 bits per heavy atom. The van der Waals surface area contributed by atoms with Crippen molar-refractivity contribution in [3.8, 4) is 5.75 Å². The largest absolute Gasteiger partial charge is 0.492 e. The van der Waals surface area contributed by atoms with Gasteiger partial charge < -0.3 is 14.8 Å². The van der Waals surface area contributed by atoms with Gasteiger partial charge in [-0.25, -0.2) is 4.79 Å². The Labute approximate surface area is 138 Å². The van der Waals surface area contributed by atoms with Crippen LogP contribution in [0.5, 0.6) is 5.75 Å². The summed E-state index contributed by atoms with van der Waals surface area (Å²) in [5.74, 6) is -1.07. The van der Waals surface area contributed by atoms with E-state index < -0.39 is 30.4 Å². The van der Waals surface area contributed by atoms with Gasteiger partial charge in [-0.15, -0.1) is 0 Å². The summed E-state index contributed by atoms with van der Waals surface area (Å²) >= 11 is 5.92. The number of imide groups is 1. The molecule has 2 rings (SSSR count). The summed E-state index contributed by atoms with van der Waals surface area (Å²) in [6.45, 7) is 1.76. The number of rotatable bonds is 4. The summed E-state index contributed by atoms with van der Waals surface area (Å²) < 4.78 is 10.4. The lowest BCUT2D eigenvalue weighted by molar-refractivity contribution is -0.153. The van der Waals surface area contributed by atoms with Crippen LogP contribution in [0, 0.1) is 5.92 Å². The fourth-order valence-electron chi connectivity index (χ4n) is 2.14. The summed E-state index contributed by atoms with van der Waals surface area (Å²) in [4.78, 5) is 34.6. The van der Waals surface area contributed by atoms with Crippen LogP contribution in [0.4, 0.5) is 4.79 Å². The summed E-state index contributed by atoms with van der Waals surface area (Å²) in [5.41, 5.74) is 0.817. The highest BCUT2D eigenvalue weighted by molar-refractivity contribution is 6.30. The Morgan fingerprint density at radius 2 is 2.17 bits per heavy atom. The summed E-state index contributed by atoms with van der Waals surface area (Å²) in [7, 11) is 0. The van der Waals surface area contributed by atoms with Gasteiger partial charge in [0.15, 0.2) is 6.61 Å². The smallest absolute Gasteiger partial charge is 0.321 e. The van der Waals surface area contributed by atoms with Crippen LogP contribution in [0.2, 0.25) is 5.02 Å². The number of esters is 1. The highest BCUT2D eigenvalue weighted by Gasteiger charge is 2.28. The molecule has 0 saturated heterocycles. The minimum absolute atomic E-state index is 0.172. The van der Waals surface area contributed by atoms with Crippen LogP contribution in [-0.2, 0) is 20.7 Å². The molecule has 3 amide bonds. The predicted molar refractivity (Wildman–Crippen MR) is 82.3 cm³/mol. The number of hydrogen-bond acceptors (Lipinski definition) is 5. The molecular formula is C15H17ClN2O5. The number of halogens is 1. The van der Waals surface area contributed by atoms with Crippen LogP contribution in [0.15, 0.2) is 18.2 Å². The minimum Gasteiger partial charge on any atom is -0.492 e. The second-order valence-corrected chi connectivity index (χ2v) is 5.42. The number of ether oxygens (including phenoxy) is 2. The molecule has 8 heteroatoms. The van der Waals surface area contributed by atoms with Crippen molar-refractivity contribution in [1.82, 2.24) is 10.6 Å². The maximum Gasteiger partial charge on any atom is 0.321 e. The second kappa shape index (κ2) is 7.82. The molecule has 1 aromatic carbocycles. The minimum atomic E-state index is -0.690. The third-order valence-electron chi connectivity index (χ3n) is 3.20. The topological polar surface area (TPSA) is 93.7 Å². The van der Waals surface area contributed by atoms with Crippen LogP contribution in [0.3, 0.4) is 0 Å². The average Bonchev–Trinajstić information content (AvgIpc) is 2.52. The van der Waals surface area contributed by atoms with E-state index in [1.165, 1.54) is 0 Å². The van der Waals surface area contributed by atoms with E-state index in [-0.39, 0.29) is 6.61 Å². The van der Waals surface area contributed by atoms with Crippen LogP contribution < -0.4 is 15.4 Å². The molecular weight excluding hydrogens is 324 g/mol. The molecule has 1 aromatic rings. The van der Waals surface area contributed by atoms with Gasteiger partial charge in [-0.1, -0.05) is 11.6 Å². The molecule has 0 spiro atoms. The third-order valence-corrected chi connectivity index (χ3v) is 3.43. The molecule has 0 aliphatic carbocycles. The van der Waals surface area contributed by atoms with Crippen LogP contribution >= 0.6 is 11.6 Å². The van der Waals surface area contributed by atoms with Crippen molar-refractivity contribution in [2.45, 2.75) is 13.3 Å². The Balaban J connectivity index is 1.83. The monoisotopic (exact) mass is 340 g/mol. The quantitative estimate of drug-likeness (QED) is 0.805. The molecule has 23 heavy (non-hydrogen) atoms. The van der Waals surface area contributed by atoms with E-state index in [1.807, 2.05) is 5.32 Å². The number of urea groups is 1. The molecule has 2 N–H and O–H groups in total. The lowest BCUT2D eigenvalue weighted by Crippen LogP contribution is -2.42. The van der Waals surface area contributed by atoms with Gasteiger partial charge >= 0.3 is 12.0 Å². The van der Waals surface area contributed by atoms with Crippen LogP contribution in [0.25, 0.3) is 0 Å². The van der Waals surface area contributed by atoms with Crippen molar-refractivity contribution in [2.75, 3.05) is 19.8 Å². The first-order valence-electron chi connectivity index (χ1n) is 7.15. The Hall–Kier alpha value is -2.28. The first-order chi connectivity index (χ1) is 11.0. The van der Waals surface area contributed by atoms with E-state index in [2.05, 4.69) is 5.32 Å². The zero-order chi connectivity index (χ0) is 16.8. The van der Waals surface area contributed by atoms with Crippen molar-refractivity contribution in [3.05, 3.63) is 28.8 Å². The van der Waals surface area contributed by atoms with E-state index in [4.69, 9.17) is 21.1 Å². The van der Waals surface area contributed by atoms with Crippen molar-refractivity contribution in [1.29, 1.82) is 0 Å². The van der Waals surface area contributed by atoms with Gasteiger partial charge in [0.05, 0.1) is 5.92 Å². The predicted octanol–water partition coefficient (Wildman–Crippen LogP) is 1.28. The molecule has 0 bridgehead atoms. The van der Waals surface area contributed by atoms with Gasteiger partial charge in [-0.05, 0) is 37.1 Å². The SMILES string of the molecule is CCNC(=O)NC(=O)COC(=O)[C@@H]1COc2ccc(Cl)cc2C1. The Kier molecular flexibility index (Phi) is 5.81. The number of nitrogens with one attached hydrogen (secondary N) is 2. The molecule has 1 heterocycles. The molecule has 1 aliphatic heterocycles. The average molecular weight is 341 g/mol. The molecule has 1 atom stereocenters. The Morgan fingerprint density at radius 3 is 2.91 bits per heavy atom. The van der Waals surface area contributed by atoms with E-state index in [9.17, 15) is 14.4 Å². The fourth-order valence-corrected chi connectivity index (χ4v) is 2.33. The highest BCUT2D eigenvalue weighted by atomic mass is 35.5. The van der Waals surface area contributed by atoms with Crippen molar-refractivity contribution in [2.24, 2.45) is 5.92 Å².